The number of rotatable bonds is 7. The van der Waals surface area contributed by atoms with Crippen LogP contribution in [0.5, 0.6) is 0 Å². The highest BCUT2D eigenvalue weighted by atomic mass is 32.2. The van der Waals surface area contributed by atoms with E-state index in [-0.39, 0.29) is 6.04 Å². The van der Waals surface area contributed by atoms with E-state index in [1.165, 1.54) is 16.5 Å². The summed E-state index contributed by atoms with van der Waals surface area (Å²) < 4.78 is 36.1. The molecule has 0 amide bonds. The number of fused-ring (bicyclic) bond motifs is 1. The van der Waals surface area contributed by atoms with Crippen molar-refractivity contribution in [3.05, 3.63) is 24.3 Å². The molecule has 2 aliphatic heterocycles. The molecule has 0 bridgehead atoms. The zero-order valence-electron chi connectivity index (χ0n) is 20.2. The molecule has 1 saturated carbocycles. The number of hydrogen-bond acceptors (Lipinski definition) is 7. The van der Waals surface area contributed by atoms with Crippen LogP contribution in [0.4, 0.5) is 5.82 Å². The van der Waals surface area contributed by atoms with E-state index in [2.05, 4.69) is 43.7 Å². The summed E-state index contributed by atoms with van der Waals surface area (Å²) in [6, 6.07) is 8.61. The Hall–Kier alpha value is -1.30. The summed E-state index contributed by atoms with van der Waals surface area (Å²) in [5.74, 6) is 1.86. The number of nitrogens with zero attached hydrogens (tertiary/aromatic N) is 5. The van der Waals surface area contributed by atoms with Gasteiger partial charge in [-0.25, -0.2) is 0 Å². The molecular formula is C24H38N6O2S2. The van der Waals surface area contributed by atoms with Crippen molar-refractivity contribution in [3.63, 3.8) is 0 Å². The van der Waals surface area contributed by atoms with Crippen LogP contribution in [-0.4, -0.2) is 98.9 Å². The molecule has 8 nitrogen and oxygen atoms in total. The van der Waals surface area contributed by atoms with Crippen LogP contribution in [-0.2, 0) is 10.2 Å². The van der Waals surface area contributed by atoms with Crippen LogP contribution in [0.1, 0.15) is 32.1 Å². The summed E-state index contributed by atoms with van der Waals surface area (Å²) >= 11 is 1.60. The molecule has 1 aromatic carbocycles. The number of likely N-dealkylation sites (N-methyl/N-ethyl adjacent to an activating group) is 1. The average molecular weight is 507 g/mol. The van der Waals surface area contributed by atoms with Crippen molar-refractivity contribution in [1.29, 1.82) is 0 Å². The van der Waals surface area contributed by atoms with E-state index < -0.39 is 10.2 Å². The van der Waals surface area contributed by atoms with Gasteiger partial charge in [-0.1, -0.05) is 12.1 Å². The topological polar surface area (TPSA) is 72.0 Å². The first-order valence-corrected chi connectivity index (χ1v) is 15.0. The molecule has 2 saturated heterocycles. The van der Waals surface area contributed by atoms with Crippen LogP contribution in [0, 0.1) is 5.92 Å². The van der Waals surface area contributed by atoms with Crippen molar-refractivity contribution in [3.8, 4) is 0 Å². The number of nitrogens with one attached hydrogen (secondary N) is 1. The van der Waals surface area contributed by atoms with Gasteiger partial charge in [0.15, 0.2) is 0 Å². The van der Waals surface area contributed by atoms with Crippen LogP contribution < -0.4 is 9.62 Å². The smallest absolute Gasteiger partial charge is 0.279 e. The van der Waals surface area contributed by atoms with E-state index in [1.807, 2.05) is 7.05 Å². The maximum absolute atomic E-state index is 12.7. The van der Waals surface area contributed by atoms with Crippen molar-refractivity contribution < 1.29 is 8.42 Å². The lowest BCUT2D eigenvalue weighted by molar-refractivity contribution is 0.209. The average Bonchev–Trinajstić information content (AvgIpc) is 3.28. The van der Waals surface area contributed by atoms with Crippen LogP contribution in [0.15, 0.2) is 24.3 Å². The summed E-state index contributed by atoms with van der Waals surface area (Å²) in [4.78, 5) is 7.21. The maximum Gasteiger partial charge on any atom is 0.279 e. The second-order valence-corrected chi connectivity index (χ2v) is 12.7. The standard InChI is InChI=1S/C24H38N6O2S2/c1-27-12-18-30(19-13-27)34(31,32)26-21-8-6-20(7-9-21)10-11-28-14-16-29(17-15-28)24-22-4-2-3-5-23(22)33-25-24/h2-5,20-21,26H,6-19H2,1H3/t20-,21+. The number of anilines is 1. The molecule has 3 heterocycles. The fourth-order valence-corrected chi connectivity index (χ4v) is 7.78. The molecule has 10 heteroatoms. The highest BCUT2D eigenvalue weighted by Crippen LogP contribution is 2.31. The van der Waals surface area contributed by atoms with Gasteiger partial charge in [-0.15, -0.1) is 0 Å². The van der Waals surface area contributed by atoms with Gasteiger partial charge >= 0.3 is 0 Å². The largest absolute Gasteiger partial charge is 0.353 e. The molecule has 188 valence electrons. The molecular weight excluding hydrogens is 468 g/mol. The van der Waals surface area contributed by atoms with Gasteiger partial charge in [0.2, 0.25) is 0 Å². The molecule has 0 radical (unpaired) electrons. The molecule has 34 heavy (non-hydrogen) atoms. The van der Waals surface area contributed by atoms with E-state index >= 15 is 0 Å². The van der Waals surface area contributed by atoms with Gasteiger partial charge in [0, 0.05) is 63.8 Å². The minimum absolute atomic E-state index is 0.0948. The van der Waals surface area contributed by atoms with Crippen molar-refractivity contribution in [2.24, 2.45) is 5.92 Å². The van der Waals surface area contributed by atoms with E-state index in [0.717, 1.165) is 77.3 Å². The molecule has 1 aromatic heterocycles. The van der Waals surface area contributed by atoms with Crippen molar-refractivity contribution >= 4 is 37.6 Å². The van der Waals surface area contributed by atoms with Gasteiger partial charge in [0.05, 0.1) is 4.70 Å². The summed E-state index contributed by atoms with van der Waals surface area (Å²) in [7, 11) is -1.31. The Labute approximate surface area is 208 Å². The monoisotopic (exact) mass is 506 g/mol. The number of hydrogen-bond donors (Lipinski definition) is 1. The quantitative estimate of drug-likeness (QED) is 0.622. The first-order valence-electron chi connectivity index (χ1n) is 12.8. The van der Waals surface area contributed by atoms with Crippen molar-refractivity contribution in [1.82, 2.24) is 23.2 Å². The summed E-state index contributed by atoms with van der Waals surface area (Å²) in [6.45, 7) is 8.19. The lowest BCUT2D eigenvalue weighted by Crippen LogP contribution is -2.53. The fraction of sp³-hybridized carbons (Fsp3) is 0.708. The van der Waals surface area contributed by atoms with Gasteiger partial charge < -0.3 is 9.80 Å². The Morgan fingerprint density at radius 2 is 1.68 bits per heavy atom. The fourth-order valence-electron chi connectivity index (χ4n) is 5.53. The third kappa shape index (κ3) is 5.74. The normalized spacial score (nSPS) is 26.3. The molecule has 0 unspecified atom stereocenters. The van der Waals surface area contributed by atoms with Gasteiger partial charge in [-0.2, -0.15) is 21.8 Å². The molecule has 5 rings (SSSR count). The second-order valence-electron chi connectivity index (χ2n) is 10.2. The lowest BCUT2D eigenvalue weighted by atomic mass is 9.84. The van der Waals surface area contributed by atoms with Crippen molar-refractivity contribution in [2.75, 3.05) is 70.9 Å². The molecule has 2 aromatic rings. The van der Waals surface area contributed by atoms with Crippen LogP contribution in [0.3, 0.4) is 0 Å². The minimum atomic E-state index is -3.35. The zero-order valence-corrected chi connectivity index (χ0v) is 21.9. The van der Waals surface area contributed by atoms with E-state index in [4.69, 9.17) is 4.37 Å². The van der Waals surface area contributed by atoms with Crippen LogP contribution >= 0.6 is 11.5 Å². The molecule has 0 spiro atoms. The van der Waals surface area contributed by atoms with E-state index in [1.54, 1.807) is 15.8 Å². The van der Waals surface area contributed by atoms with Crippen LogP contribution in [0.25, 0.3) is 10.1 Å². The zero-order chi connectivity index (χ0) is 23.5. The number of benzene rings is 1. The molecule has 3 fully saturated rings. The summed E-state index contributed by atoms with van der Waals surface area (Å²) in [5.41, 5.74) is 0. The Morgan fingerprint density at radius 1 is 0.971 bits per heavy atom. The van der Waals surface area contributed by atoms with E-state index in [9.17, 15) is 8.42 Å². The van der Waals surface area contributed by atoms with Gasteiger partial charge in [0.1, 0.15) is 5.82 Å². The van der Waals surface area contributed by atoms with Crippen LogP contribution in [0.2, 0.25) is 0 Å². The molecule has 1 N–H and O–H groups in total. The van der Waals surface area contributed by atoms with Gasteiger partial charge in [0.25, 0.3) is 10.2 Å². The predicted octanol–water partition coefficient (Wildman–Crippen LogP) is 2.45. The van der Waals surface area contributed by atoms with Gasteiger partial charge in [-0.3, -0.25) is 4.90 Å². The Kier molecular flexibility index (Phi) is 7.72. The molecule has 3 aliphatic rings. The van der Waals surface area contributed by atoms with Crippen molar-refractivity contribution in [2.45, 2.75) is 38.1 Å². The minimum Gasteiger partial charge on any atom is -0.353 e. The maximum atomic E-state index is 12.7. The highest BCUT2D eigenvalue weighted by molar-refractivity contribution is 7.87. The number of piperazine rings is 2. The summed E-state index contributed by atoms with van der Waals surface area (Å²) in [5, 5.41) is 1.28. The van der Waals surface area contributed by atoms with Gasteiger partial charge in [-0.05, 0) is 75.3 Å². The number of aromatic nitrogens is 1. The second kappa shape index (κ2) is 10.8. The molecule has 0 atom stereocenters. The Balaban J connectivity index is 1.02. The Morgan fingerprint density at radius 3 is 2.41 bits per heavy atom. The Bertz CT molecular complexity index is 1040. The molecule has 1 aliphatic carbocycles. The third-order valence-electron chi connectivity index (χ3n) is 7.85. The lowest BCUT2D eigenvalue weighted by Gasteiger charge is -2.37. The predicted molar refractivity (Wildman–Crippen MR) is 140 cm³/mol. The third-order valence-corrected chi connectivity index (χ3v) is 10.3. The first-order chi connectivity index (χ1) is 16.5. The highest BCUT2D eigenvalue weighted by Gasteiger charge is 2.30. The SMILES string of the molecule is CN1CCN(S(=O)(=O)N[C@H]2CC[C@@H](CCN3CCN(c4nsc5ccccc45)CC3)CC2)CC1. The summed E-state index contributed by atoms with van der Waals surface area (Å²) in [6.07, 6.45) is 5.39. The van der Waals surface area contributed by atoms with E-state index in [0.29, 0.717) is 19.0 Å². The first kappa shape index (κ1) is 24.4.